The van der Waals surface area contributed by atoms with Crippen LogP contribution in [0, 0.1) is 30.3 Å². The summed E-state index contributed by atoms with van der Waals surface area (Å²) in [7, 11) is 0. The molecule has 1 heterocycles. The number of phenolic OH excluding ortho intramolecular Hbond substituents is 1. The van der Waals surface area contributed by atoms with Crippen LogP contribution in [0.2, 0.25) is 0 Å². The zero-order valence-electron chi connectivity index (χ0n) is 14.6. The molecule has 2 aromatic rings. The minimum Gasteiger partial charge on any atom is -0.497 e. The van der Waals surface area contributed by atoms with Crippen molar-refractivity contribution in [3.8, 4) is 5.75 Å². The van der Waals surface area contributed by atoms with Gasteiger partial charge in [-0.2, -0.15) is 0 Å². The van der Waals surface area contributed by atoms with Crippen LogP contribution in [0.3, 0.4) is 0 Å². The van der Waals surface area contributed by atoms with E-state index in [9.17, 15) is 30.3 Å². The summed E-state index contributed by atoms with van der Waals surface area (Å²) < 4.78 is 0. The van der Waals surface area contributed by atoms with Crippen LogP contribution in [0.5, 0.6) is 5.75 Å². The molecule has 0 bridgehead atoms. The summed E-state index contributed by atoms with van der Waals surface area (Å²) in [4.78, 5) is 30.2. The number of nitrogens with zero attached hydrogens (tertiary/aromatic N) is 4. The van der Waals surface area contributed by atoms with Gasteiger partial charge in [-0.15, -0.1) is 0 Å². The van der Waals surface area contributed by atoms with Crippen molar-refractivity contribution in [2.45, 2.75) is 0 Å². The number of piperazine rings is 1. The van der Waals surface area contributed by atoms with Crippen molar-refractivity contribution < 1.29 is 19.9 Å². The summed E-state index contributed by atoms with van der Waals surface area (Å²) in [5, 5.41) is 43.6. The molecule has 0 radical (unpaired) electrons. The van der Waals surface area contributed by atoms with Crippen molar-refractivity contribution in [1.82, 2.24) is 5.32 Å². The molecule has 0 saturated carbocycles. The largest absolute Gasteiger partial charge is 0.497 e. The van der Waals surface area contributed by atoms with Gasteiger partial charge in [-0.3, -0.25) is 30.3 Å². The molecule has 12 heteroatoms. The molecular formula is C16H17N5O7. The molecule has 0 unspecified atom stereocenters. The second-order valence-electron chi connectivity index (χ2n) is 5.68. The number of benzene rings is 2. The second kappa shape index (κ2) is 9.23. The van der Waals surface area contributed by atoms with Crippen LogP contribution in [0.4, 0.5) is 22.7 Å². The number of nitrogens with one attached hydrogen (secondary N) is 1. The highest BCUT2D eigenvalue weighted by Crippen LogP contribution is 2.38. The van der Waals surface area contributed by atoms with Gasteiger partial charge in [0.2, 0.25) is 0 Å². The normalized spacial score (nSPS) is 13.2. The topological polar surface area (TPSA) is 165 Å². The lowest BCUT2D eigenvalue weighted by Crippen LogP contribution is -2.43. The fraction of sp³-hybridized carbons (Fsp3) is 0.250. The van der Waals surface area contributed by atoms with Gasteiger partial charge in [0.15, 0.2) is 0 Å². The van der Waals surface area contributed by atoms with E-state index in [2.05, 4.69) is 40.5 Å². The molecule has 3 rings (SSSR count). The molecule has 0 atom stereocenters. The van der Waals surface area contributed by atoms with E-state index in [0.29, 0.717) is 12.1 Å². The molecule has 28 heavy (non-hydrogen) atoms. The van der Waals surface area contributed by atoms with Crippen LogP contribution in [0.25, 0.3) is 0 Å². The van der Waals surface area contributed by atoms with E-state index in [1.807, 2.05) is 0 Å². The van der Waals surface area contributed by atoms with Gasteiger partial charge in [0.25, 0.3) is 11.4 Å². The number of rotatable bonds is 4. The van der Waals surface area contributed by atoms with Crippen LogP contribution in [-0.4, -0.2) is 46.1 Å². The first-order valence-corrected chi connectivity index (χ1v) is 8.12. The summed E-state index contributed by atoms with van der Waals surface area (Å²) in [5.41, 5.74) is -1.66. The molecule has 0 aromatic heterocycles. The van der Waals surface area contributed by atoms with Crippen molar-refractivity contribution in [1.29, 1.82) is 0 Å². The average Bonchev–Trinajstić information content (AvgIpc) is 2.69. The number of non-ortho nitro benzene ring substituents is 1. The Hall–Kier alpha value is -3.80. The van der Waals surface area contributed by atoms with Gasteiger partial charge < -0.3 is 15.3 Å². The van der Waals surface area contributed by atoms with Crippen molar-refractivity contribution in [3.05, 3.63) is 72.8 Å². The third-order valence-electron chi connectivity index (χ3n) is 3.90. The first kappa shape index (κ1) is 20.5. The predicted molar refractivity (Wildman–Crippen MR) is 99.6 cm³/mol. The summed E-state index contributed by atoms with van der Waals surface area (Å²) in [6, 6.07) is 11.5. The highest BCUT2D eigenvalue weighted by Gasteiger charge is 2.30. The van der Waals surface area contributed by atoms with E-state index < -0.39 is 37.6 Å². The highest BCUT2D eigenvalue weighted by atomic mass is 16.6. The number of nitro benzene ring substituents is 3. The third kappa shape index (κ3) is 5.11. The molecule has 1 aliphatic heterocycles. The molecule has 1 saturated heterocycles. The van der Waals surface area contributed by atoms with E-state index in [4.69, 9.17) is 5.11 Å². The SMILES string of the molecule is O=[N+]([O-])c1cc([N+](=O)[O-])c(O)c([N+](=O)[O-])c1.c1ccc(N2CCNCC2)cc1. The van der Waals surface area contributed by atoms with E-state index in [1.165, 1.54) is 5.69 Å². The molecule has 0 amide bonds. The predicted octanol–water partition coefficient (Wildman–Crippen LogP) is 2.21. The van der Waals surface area contributed by atoms with Gasteiger partial charge in [0.1, 0.15) is 0 Å². The number of nitro groups is 3. The highest BCUT2D eigenvalue weighted by molar-refractivity contribution is 5.64. The van der Waals surface area contributed by atoms with Crippen LogP contribution >= 0.6 is 0 Å². The summed E-state index contributed by atoms with van der Waals surface area (Å²) in [6.45, 7) is 4.47. The quantitative estimate of drug-likeness (QED) is 0.587. The van der Waals surface area contributed by atoms with Gasteiger partial charge in [0, 0.05) is 31.9 Å². The Bertz CT molecular complexity index is 834. The number of aromatic hydroxyl groups is 1. The lowest BCUT2D eigenvalue weighted by molar-refractivity contribution is -0.404. The van der Waals surface area contributed by atoms with Crippen molar-refractivity contribution in [2.24, 2.45) is 0 Å². The van der Waals surface area contributed by atoms with Crippen LogP contribution in [-0.2, 0) is 0 Å². The van der Waals surface area contributed by atoms with E-state index in [0.717, 1.165) is 26.2 Å². The van der Waals surface area contributed by atoms with Gasteiger partial charge in [-0.25, -0.2) is 0 Å². The minimum absolute atomic E-state index is 0.447. The van der Waals surface area contributed by atoms with Crippen molar-refractivity contribution in [2.75, 3.05) is 31.1 Å². The molecule has 148 valence electrons. The first-order chi connectivity index (χ1) is 13.3. The van der Waals surface area contributed by atoms with E-state index in [-0.39, 0.29) is 0 Å². The Kier molecular flexibility index (Phi) is 6.76. The smallest absolute Gasteiger partial charge is 0.324 e. The maximum absolute atomic E-state index is 10.4. The number of phenols is 1. The Morgan fingerprint density at radius 1 is 0.857 bits per heavy atom. The lowest BCUT2D eigenvalue weighted by Gasteiger charge is -2.29. The Morgan fingerprint density at radius 2 is 1.36 bits per heavy atom. The minimum atomic E-state index is -1.21. The fourth-order valence-corrected chi connectivity index (χ4v) is 2.54. The Labute approximate surface area is 158 Å². The van der Waals surface area contributed by atoms with E-state index >= 15 is 0 Å². The van der Waals surface area contributed by atoms with Gasteiger partial charge in [0.05, 0.1) is 26.9 Å². The van der Waals surface area contributed by atoms with Crippen LogP contribution in [0.15, 0.2) is 42.5 Å². The number of para-hydroxylation sites is 1. The number of hydrogen-bond acceptors (Lipinski definition) is 9. The average molecular weight is 391 g/mol. The summed E-state index contributed by atoms with van der Waals surface area (Å²) in [5.74, 6) is -1.21. The van der Waals surface area contributed by atoms with Crippen LogP contribution in [0.1, 0.15) is 0 Å². The molecule has 1 fully saturated rings. The maximum atomic E-state index is 10.4. The molecule has 2 N–H and O–H groups in total. The van der Waals surface area contributed by atoms with Crippen molar-refractivity contribution >= 4 is 22.7 Å². The third-order valence-corrected chi connectivity index (χ3v) is 3.90. The van der Waals surface area contributed by atoms with Crippen LogP contribution < -0.4 is 10.2 Å². The maximum Gasteiger partial charge on any atom is 0.324 e. The lowest BCUT2D eigenvalue weighted by atomic mass is 10.2. The zero-order chi connectivity index (χ0) is 20.7. The number of anilines is 1. The Morgan fingerprint density at radius 3 is 1.79 bits per heavy atom. The number of hydrogen-bond donors (Lipinski definition) is 2. The molecule has 1 aliphatic rings. The summed E-state index contributed by atoms with van der Waals surface area (Å²) in [6.07, 6.45) is 0. The molecule has 0 spiro atoms. The monoisotopic (exact) mass is 391 g/mol. The zero-order valence-corrected chi connectivity index (χ0v) is 14.6. The standard InChI is InChI=1S/C10H14N2.C6H3N3O7/c1-2-4-10(5-3-1)12-8-6-11-7-9-12;10-6-4(8(13)14)1-3(7(11)12)2-5(6)9(15)16/h1-5,11H,6-9H2;1-2,10H. The fourth-order valence-electron chi connectivity index (χ4n) is 2.54. The summed E-state index contributed by atoms with van der Waals surface area (Å²) >= 11 is 0. The molecule has 2 aromatic carbocycles. The molecular weight excluding hydrogens is 374 g/mol. The second-order valence-corrected chi connectivity index (χ2v) is 5.68. The van der Waals surface area contributed by atoms with Gasteiger partial charge in [-0.1, -0.05) is 18.2 Å². The van der Waals surface area contributed by atoms with Crippen molar-refractivity contribution in [3.63, 3.8) is 0 Å². The van der Waals surface area contributed by atoms with Gasteiger partial charge >= 0.3 is 11.4 Å². The van der Waals surface area contributed by atoms with E-state index in [1.54, 1.807) is 0 Å². The van der Waals surface area contributed by atoms with Gasteiger partial charge in [-0.05, 0) is 12.1 Å². The Balaban J connectivity index is 0.000000207. The molecule has 0 aliphatic carbocycles. The first-order valence-electron chi connectivity index (χ1n) is 8.12. The molecule has 12 nitrogen and oxygen atoms in total.